The average Bonchev–Trinajstić information content (AvgIpc) is 2.74. The highest BCUT2D eigenvalue weighted by molar-refractivity contribution is 5.53. The molecule has 0 amide bonds. The summed E-state index contributed by atoms with van der Waals surface area (Å²) in [7, 11) is 0. The molecule has 2 aromatic rings. The first-order chi connectivity index (χ1) is 9.33. The minimum absolute atomic E-state index is 0.344. The Bertz CT molecular complexity index is 587. The van der Waals surface area contributed by atoms with Crippen molar-refractivity contribution in [2.24, 2.45) is 0 Å². The molecule has 0 aliphatic heterocycles. The van der Waals surface area contributed by atoms with Crippen LogP contribution in [0.2, 0.25) is 0 Å². The summed E-state index contributed by atoms with van der Waals surface area (Å²) in [4.78, 5) is 4.36. The average molecular weight is 276 g/mol. The van der Waals surface area contributed by atoms with E-state index in [0.717, 1.165) is 11.5 Å². The van der Waals surface area contributed by atoms with Crippen LogP contribution in [0, 0.1) is 6.92 Å². The Kier molecular flexibility index (Phi) is 3.83. The van der Waals surface area contributed by atoms with Gasteiger partial charge in [-0.05, 0) is 39.8 Å². The van der Waals surface area contributed by atoms with Crippen molar-refractivity contribution < 1.29 is 9.26 Å². The topological polar surface area (TPSA) is 86.2 Å². The van der Waals surface area contributed by atoms with E-state index in [1.165, 1.54) is 0 Å². The number of nitrogen functional groups attached to an aromatic ring is 1. The van der Waals surface area contributed by atoms with Gasteiger partial charge in [-0.1, -0.05) is 5.16 Å². The van der Waals surface area contributed by atoms with Gasteiger partial charge in [-0.2, -0.15) is 4.98 Å². The van der Waals surface area contributed by atoms with E-state index >= 15 is 0 Å². The third kappa shape index (κ3) is 3.88. The van der Waals surface area contributed by atoms with Crippen LogP contribution in [-0.2, 0) is 6.54 Å². The molecule has 0 fully saturated rings. The highest BCUT2D eigenvalue weighted by Crippen LogP contribution is 2.25. The molecule has 0 spiro atoms. The molecule has 2 heterocycles. The number of nitrogens with one attached hydrogen (secondary N) is 1. The summed E-state index contributed by atoms with van der Waals surface area (Å²) >= 11 is 0. The van der Waals surface area contributed by atoms with Crippen molar-refractivity contribution >= 4 is 11.5 Å². The SMILES string of the molecule is Cc1cc(CNc2ccc(N)c(OC(C)(C)C)n2)no1. The quantitative estimate of drug-likeness (QED) is 0.893. The van der Waals surface area contributed by atoms with Gasteiger partial charge in [0.1, 0.15) is 22.9 Å². The van der Waals surface area contributed by atoms with Gasteiger partial charge < -0.3 is 20.3 Å². The molecule has 2 aromatic heterocycles. The molecule has 3 N–H and O–H groups in total. The monoisotopic (exact) mass is 276 g/mol. The van der Waals surface area contributed by atoms with E-state index in [4.69, 9.17) is 15.0 Å². The fourth-order valence-corrected chi connectivity index (χ4v) is 1.60. The van der Waals surface area contributed by atoms with Gasteiger partial charge in [0.15, 0.2) is 0 Å². The molecule has 0 unspecified atom stereocenters. The van der Waals surface area contributed by atoms with Crippen LogP contribution in [0.5, 0.6) is 5.88 Å². The number of ether oxygens (including phenoxy) is 1. The predicted octanol–water partition coefficient (Wildman–Crippen LogP) is 2.75. The number of pyridine rings is 1. The summed E-state index contributed by atoms with van der Waals surface area (Å²) in [6.07, 6.45) is 0. The first-order valence-corrected chi connectivity index (χ1v) is 6.45. The Hall–Kier alpha value is -2.24. The first kappa shape index (κ1) is 14.2. The van der Waals surface area contributed by atoms with Crippen LogP contribution < -0.4 is 15.8 Å². The largest absolute Gasteiger partial charge is 0.470 e. The van der Waals surface area contributed by atoms with Crippen molar-refractivity contribution in [3.05, 3.63) is 29.7 Å². The second kappa shape index (κ2) is 5.40. The van der Waals surface area contributed by atoms with Crippen LogP contribution in [0.25, 0.3) is 0 Å². The lowest BCUT2D eigenvalue weighted by atomic mass is 10.2. The van der Waals surface area contributed by atoms with Crippen molar-refractivity contribution in [1.82, 2.24) is 10.1 Å². The third-order valence-electron chi connectivity index (χ3n) is 2.42. The van der Waals surface area contributed by atoms with Gasteiger partial charge in [0.05, 0.1) is 12.2 Å². The lowest BCUT2D eigenvalue weighted by Crippen LogP contribution is -2.24. The Morgan fingerprint density at radius 2 is 2.10 bits per heavy atom. The number of nitrogens with zero attached hydrogens (tertiary/aromatic N) is 2. The number of hydrogen-bond acceptors (Lipinski definition) is 6. The number of hydrogen-bond donors (Lipinski definition) is 2. The lowest BCUT2D eigenvalue weighted by molar-refractivity contribution is 0.125. The van der Waals surface area contributed by atoms with Gasteiger partial charge in [-0.25, -0.2) is 0 Å². The Morgan fingerprint density at radius 1 is 1.35 bits per heavy atom. The van der Waals surface area contributed by atoms with E-state index in [1.54, 1.807) is 12.1 Å². The zero-order chi connectivity index (χ0) is 14.8. The molecule has 0 radical (unpaired) electrons. The molecule has 0 bridgehead atoms. The van der Waals surface area contributed by atoms with Gasteiger partial charge in [0.2, 0.25) is 5.88 Å². The van der Waals surface area contributed by atoms with E-state index in [0.29, 0.717) is 23.9 Å². The fraction of sp³-hybridized carbons (Fsp3) is 0.429. The van der Waals surface area contributed by atoms with Crippen LogP contribution in [0.3, 0.4) is 0 Å². The molecular weight excluding hydrogens is 256 g/mol. The van der Waals surface area contributed by atoms with E-state index in [2.05, 4.69) is 15.5 Å². The second-order valence-electron chi connectivity index (χ2n) is 5.59. The van der Waals surface area contributed by atoms with E-state index < -0.39 is 0 Å². The van der Waals surface area contributed by atoms with Crippen LogP contribution in [-0.4, -0.2) is 15.7 Å². The highest BCUT2D eigenvalue weighted by atomic mass is 16.5. The zero-order valence-corrected chi connectivity index (χ0v) is 12.2. The normalized spacial score (nSPS) is 11.4. The highest BCUT2D eigenvalue weighted by Gasteiger charge is 2.15. The van der Waals surface area contributed by atoms with Crippen LogP contribution in [0.1, 0.15) is 32.2 Å². The maximum atomic E-state index is 5.86. The minimum Gasteiger partial charge on any atom is -0.470 e. The number of aryl methyl sites for hydroxylation is 1. The van der Waals surface area contributed by atoms with Crippen molar-refractivity contribution in [3.63, 3.8) is 0 Å². The molecular formula is C14H20N4O2. The van der Waals surface area contributed by atoms with Crippen LogP contribution >= 0.6 is 0 Å². The summed E-state index contributed by atoms with van der Waals surface area (Å²) in [5, 5.41) is 7.07. The maximum Gasteiger partial charge on any atom is 0.239 e. The predicted molar refractivity (Wildman–Crippen MR) is 77.6 cm³/mol. The minimum atomic E-state index is -0.344. The molecule has 0 saturated carbocycles. The summed E-state index contributed by atoms with van der Waals surface area (Å²) < 4.78 is 10.7. The summed E-state index contributed by atoms with van der Waals surface area (Å²) in [5.41, 5.74) is 6.86. The second-order valence-corrected chi connectivity index (χ2v) is 5.59. The number of anilines is 2. The molecule has 0 aliphatic rings. The van der Waals surface area contributed by atoms with Crippen molar-refractivity contribution in [2.45, 2.75) is 39.8 Å². The van der Waals surface area contributed by atoms with Gasteiger partial charge in [-0.3, -0.25) is 0 Å². The number of nitrogens with two attached hydrogens (primary N) is 1. The van der Waals surface area contributed by atoms with Crippen molar-refractivity contribution in [1.29, 1.82) is 0 Å². The number of aromatic nitrogens is 2. The Balaban J connectivity index is 2.07. The molecule has 20 heavy (non-hydrogen) atoms. The van der Waals surface area contributed by atoms with Gasteiger partial charge in [-0.15, -0.1) is 0 Å². The van der Waals surface area contributed by atoms with Crippen LogP contribution in [0.15, 0.2) is 22.7 Å². The van der Waals surface area contributed by atoms with E-state index in [1.807, 2.05) is 33.8 Å². The van der Waals surface area contributed by atoms with Gasteiger partial charge in [0.25, 0.3) is 0 Å². The Morgan fingerprint density at radius 3 is 2.70 bits per heavy atom. The standard InChI is InChI=1S/C14H20N4O2/c1-9-7-10(18-20-9)8-16-12-6-5-11(15)13(17-12)19-14(2,3)4/h5-7H,8,15H2,1-4H3,(H,16,17). The smallest absolute Gasteiger partial charge is 0.239 e. The molecule has 0 aromatic carbocycles. The first-order valence-electron chi connectivity index (χ1n) is 6.45. The molecule has 2 rings (SSSR count). The molecule has 6 nitrogen and oxygen atoms in total. The molecule has 108 valence electrons. The van der Waals surface area contributed by atoms with Gasteiger partial charge >= 0.3 is 0 Å². The molecule has 0 aliphatic carbocycles. The molecule has 0 saturated heterocycles. The zero-order valence-electron chi connectivity index (χ0n) is 12.2. The molecule has 0 atom stereocenters. The summed E-state index contributed by atoms with van der Waals surface area (Å²) in [5.74, 6) is 1.89. The fourth-order valence-electron chi connectivity index (χ4n) is 1.60. The van der Waals surface area contributed by atoms with Gasteiger partial charge in [0, 0.05) is 6.07 Å². The van der Waals surface area contributed by atoms with Crippen molar-refractivity contribution in [3.8, 4) is 5.88 Å². The Labute approximate surface area is 118 Å². The van der Waals surface area contributed by atoms with Crippen LogP contribution in [0.4, 0.5) is 11.5 Å². The molecule has 6 heteroatoms. The maximum absolute atomic E-state index is 5.86. The van der Waals surface area contributed by atoms with Crippen molar-refractivity contribution in [2.75, 3.05) is 11.1 Å². The van der Waals surface area contributed by atoms with E-state index in [9.17, 15) is 0 Å². The van der Waals surface area contributed by atoms with E-state index in [-0.39, 0.29) is 5.60 Å². The third-order valence-corrected chi connectivity index (χ3v) is 2.42. The summed E-state index contributed by atoms with van der Waals surface area (Å²) in [6.45, 7) is 8.24. The number of rotatable bonds is 4. The summed E-state index contributed by atoms with van der Waals surface area (Å²) in [6, 6.07) is 5.44. The lowest BCUT2D eigenvalue weighted by Gasteiger charge is -2.21.